The Bertz CT molecular complexity index is 840. The summed E-state index contributed by atoms with van der Waals surface area (Å²) < 4.78 is 57.5. The third-order valence-electron chi connectivity index (χ3n) is 2.73. The van der Waals surface area contributed by atoms with Crippen LogP contribution in [0.2, 0.25) is 0 Å². The van der Waals surface area contributed by atoms with Crippen LogP contribution in [-0.4, -0.2) is 21.6 Å². The van der Waals surface area contributed by atoms with Crippen molar-refractivity contribution in [3.8, 4) is 0 Å². The van der Waals surface area contributed by atoms with Gasteiger partial charge in [0.05, 0.1) is 12.8 Å². The van der Waals surface area contributed by atoms with E-state index in [0.717, 1.165) is 12.1 Å². The summed E-state index contributed by atoms with van der Waals surface area (Å²) in [6.45, 7) is 0. The molecule has 6 nitrogen and oxygen atoms in total. The van der Waals surface area contributed by atoms with Crippen LogP contribution in [0.5, 0.6) is 0 Å². The van der Waals surface area contributed by atoms with Crippen molar-refractivity contribution in [3.63, 3.8) is 0 Å². The average molecular weight is 342 g/mol. The van der Waals surface area contributed by atoms with Gasteiger partial charge in [-0.15, -0.1) is 0 Å². The summed E-state index contributed by atoms with van der Waals surface area (Å²) >= 11 is 0. The Labute approximate surface area is 131 Å². The van der Waals surface area contributed by atoms with Crippen molar-refractivity contribution >= 4 is 27.5 Å². The maximum atomic E-state index is 13.6. The molecule has 0 radical (unpaired) electrons. The molecule has 0 fully saturated rings. The van der Waals surface area contributed by atoms with Gasteiger partial charge in [0.1, 0.15) is 16.5 Å². The molecule has 9 heteroatoms. The maximum Gasteiger partial charge on any atom is 0.411 e. The highest BCUT2D eigenvalue weighted by Gasteiger charge is 2.20. The number of benzene rings is 2. The van der Waals surface area contributed by atoms with Crippen LogP contribution in [0.1, 0.15) is 0 Å². The largest absolute Gasteiger partial charge is 0.453 e. The van der Waals surface area contributed by atoms with Crippen LogP contribution in [-0.2, 0) is 14.8 Å². The van der Waals surface area contributed by atoms with E-state index < -0.39 is 32.6 Å². The van der Waals surface area contributed by atoms with Crippen LogP contribution in [0.25, 0.3) is 0 Å². The van der Waals surface area contributed by atoms with Gasteiger partial charge >= 0.3 is 6.09 Å². The molecule has 0 saturated heterocycles. The number of nitrogens with one attached hydrogen (secondary N) is 2. The number of hydrogen-bond acceptors (Lipinski definition) is 4. The standard InChI is InChI=1S/C14H12F2N2O4S/c1-22-14(19)17-10-3-2-4-11(8-10)18-23(20,21)13-7-9(15)5-6-12(13)16/h2-8,18H,1H3,(H,17,19). The van der Waals surface area contributed by atoms with Gasteiger partial charge in [0.2, 0.25) is 0 Å². The first-order chi connectivity index (χ1) is 10.8. The number of halogens is 2. The lowest BCUT2D eigenvalue weighted by Crippen LogP contribution is -2.15. The van der Waals surface area contributed by atoms with E-state index in [0.29, 0.717) is 6.07 Å². The van der Waals surface area contributed by atoms with Gasteiger partial charge in [-0.3, -0.25) is 10.0 Å². The number of rotatable bonds is 4. The predicted molar refractivity (Wildman–Crippen MR) is 79.6 cm³/mol. The van der Waals surface area contributed by atoms with E-state index in [9.17, 15) is 22.0 Å². The molecule has 122 valence electrons. The summed E-state index contributed by atoms with van der Waals surface area (Å²) in [5.41, 5.74) is 0.319. The summed E-state index contributed by atoms with van der Waals surface area (Å²) in [6.07, 6.45) is -0.735. The number of sulfonamides is 1. The summed E-state index contributed by atoms with van der Waals surface area (Å²) in [6, 6.07) is 7.76. The lowest BCUT2D eigenvalue weighted by atomic mass is 10.3. The van der Waals surface area contributed by atoms with Crippen molar-refractivity contribution in [1.29, 1.82) is 0 Å². The Balaban J connectivity index is 2.29. The number of hydrogen-bond donors (Lipinski definition) is 2. The Hall–Kier alpha value is -2.68. The number of ether oxygens (including phenoxy) is 1. The van der Waals surface area contributed by atoms with Gasteiger partial charge in [-0.25, -0.2) is 22.0 Å². The molecule has 0 aliphatic rings. The summed E-state index contributed by atoms with van der Waals surface area (Å²) in [4.78, 5) is 10.3. The Morgan fingerprint density at radius 2 is 1.78 bits per heavy atom. The highest BCUT2D eigenvalue weighted by atomic mass is 32.2. The minimum absolute atomic E-state index is 0.0579. The minimum atomic E-state index is -4.33. The zero-order valence-corrected chi connectivity index (χ0v) is 12.7. The van der Waals surface area contributed by atoms with Crippen molar-refractivity contribution in [1.82, 2.24) is 0 Å². The summed E-state index contributed by atoms with van der Waals surface area (Å²) in [5, 5.41) is 2.35. The van der Waals surface area contributed by atoms with Gasteiger partial charge in [-0.1, -0.05) is 6.07 Å². The number of amides is 1. The fourth-order valence-electron chi connectivity index (χ4n) is 1.72. The molecule has 2 aromatic carbocycles. The molecule has 2 N–H and O–H groups in total. The van der Waals surface area contributed by atoms with Gasteiger partial charge in [0, 0.05) is 5.69 Å². The molecule has 0 aromatic heterocycles. The maximum absolute atomic E-state index is 13.6. The van der Waals surface area contributed by atoms with Gasteiger partial charge in [0.25, 0.3) is 10.0 Å². The molecule has 0 spiro atoms. The minimum Gasteiger partial charge on any atom is -0.453 e. The first kappa shape index (κ1) is 16.7. The molecule has 0 bridgehead atoms. The van der Waals surface area contributed by atoms with Gasteiger partial charge < -0.3 is 4.74 Å². The molecule has 23 heavy (non-hydrogen) atoms. The van der Waals surface area contributed by atoms with E-state index in [1.165, 1.54) is 31.4 Å². The van der Waals surface area contributed by atoms with Crippen molar-refractivity contribution in [3.05, 3.63) is 54.1 Å². The molecule has 0 aliphatic carbocycles. The number of anilines is 2. The molecule has 0 heterocycles. The van der Waals surface area contributed by atoms with Crippen LogP contribution in [0.15, 0.2) is 47.4 Å². The van der Waals surface area contributed by atoms with Gasteiger partial charge in [0.15, 0.2) is 0 Å². The molecule has 0 unspecified atom stereocenters. The second-order valence-corrected chi connectivity index (χ2v) is 6.03. The van der Waals surface area contributed by atoms with Crippen LogP contribution in [0.4, 0.5) is 25.0 Å². The van der Waals surface area contributed by atoms with Crippen molar-refractivity contribution < 1.29 is 26.7 Å². The third-order valence-corrected chi connectivity index (χ3v) is 4.13. The van der Waals surface area contributed by atoms with E-state index in [4.69, 9.17) is 0 Å². The highest BCUT2D eigenvalue weighted by Crippen LogP contribution is 2.22. The van der Waals surface area contributed by atoms with E-state index in [2.05, 4.69) is 14.8 Å². The molecule has 2 rings (SSSR count). The molecule has 0 saturated carbocycles. The Morgan fingerprint density at radius 3 is 2.48 bits per heavy atom. The normalized spacial score (nSPS) is 10.9. The first-order valence-electron chi connectivity index (χ1n) is 6.25. The number of methoxy groups -OCH3 is 1. The second-order valence-electron chi connectivity index (χ2n) is 4.38. The molecule has 0 aliphatic heterocycles. The van der Waals surface area contributed by atoms with Crippen LogP contribution in [0, 0.1) is 11.6 Å². The van der Waals surface area contributed by atoms with E-state index in [1.54, 1.807) is 0 Å². The summed E-state index contributed by atoms with van der Waals surface area (Å²) in [7, 11) is -3.15. The topological polar surface area (TPSA) is 84.5 Å². The predicted octanol–water partition coefficient (Wildman–Crippen LogP) is 2.94. The molecular weight excluding hydrogens is 330 g/mol. The fourth-order valence-corrected chi connectivity index (χ4v) is 2.86. The number of carbonyl (C=O) groups is 1. The second kappa shape index (κ2) is 6.61. The van der Waals surface area contributed by atoms with Crippen LogP contribution >= 0.6 is 0 Å². The molecule has 1 amide bonds. The highest BCUT2D eigenvalue weighted by molar-refractivity contribution is 7.92. The van der Waals surface area contributed by atoms with E-state index >= 15 is 0 Å². The SMILES string of the molecule is COC(=O)Nc1cccc(NS(=O)(=O)c2cc(F)ccc2F)c1. The Morgan fingerprint density at radius 1 is 1.09 bits per heavy atom. The monoisotopic (exact) mass is 342 g/mol. The zero-order chi connectivity index (χ0) is 17.0. The van der Waals surface area contributed by atoms with Crippen LogP contribution < -0.4 is 10.0 Å². The van der Waals surface area contributed by atoms with E-state index in [1.807, 2.05) is 0 Å². The molecule has 2 aromatic rings. The van der Waals surface area contributed by atoms with Crippen molar-refractivity contribution in [2.45, 2.75) is 4.90 Å². The van der Waals surface area contributed by atoms with Crippen LogP contribution in [0.3, 0.4) is 0 Å². The lowest BCUT2D eigenvalue weighted by molar-refractivity contribution is 0.187. The lowest BCUT2D eigenvalue weighted by Gasteiger charge is -2.10. The zero-order valence-electron chi connectivity index (χ0n) is 11.8. The Kier molecular flexibility index (Phi) is 4.80. The van der Waals surface area contributed by atoms with Gasteiger partial charge in [-0.05, 0) is 36.4 Å². The summed E-state index contributed by atoms with van der Waals surface area (Å²) in [5.74, 6) is -1.96. The van der Waals surface area contributed by atoms with E-state index in [-0.39, 0.29) is 11.4 Å². The van der Waals surface area contributed by atoms with Crippen molar-refractivity contribution in [2.75, 3.05) is 17.1 Å². The van der Waals surface area contributed by atoms with Crippen molar-refractivity contribution in [2.24, 2.45) is 0 Å². The number of carbonyl (C=O) groups excluding carboxylic acids is 1. The van der Waals surface area contributed by atoms with Gasteiger partial charge in [-0.2, -0.15) is 0 Å². The third kappa shape index (κ3) is 4.16. The molecule has 0 atom stereocenters. The first-order valence-corrected chi connectivity index (χ1v) is 7.73. The molecular formula is C14H12F2N2O4S. The average Bonchev–Trinajstić information content (AvgIpc) is 2.49. The fraction of sp³-hybridized carbons (Fsp3) is 0.0714. The quantitative estimate of drug-likeness (QED) is 0.895. The smallest absolute Gasteiger partial charge is 0.411 e.